The fraction of sp³-hybridized carbons (Fsp3) is 0.160. The van der Waals surface area contributed by atoms with Gasteiger partial charge in [0, 0.05) is 28.7 Å². The molecule has 0 aliphatic carbocycles. The first-order chi connectivity index (χ1) is 13.5. The molecule has 3 heteroatoms. The Morgan fingerprint density at radius 2 is 1.64 bits per heavy atom. The van der Waals surface area contributed by atoms with E-state index in [1.54, 1.807) is 0 Å². The van der Waals surface area contributed by atoms with Gasteiger partial charge in [-0.1, -0.05) is 74.2 Å². The summed E-state index contributed by atoms with van der Waals surface area (Å²) in [7, 11) is 0. The van der Waals surface area contributed by atoms with Crippen molar-refractivity contribution in [2.24, 2.45) is 0 Å². The summed E-state index contributed by atoms with van der Waals surface area (Å²) in [5.41, 5.74) is 6.13. The summed E-state index contributed by atoms with van der Waals surface area (Å²) in [6.45, 7) is 6.77. The molecule has 1 nitrogen and oxygen atoms in total. The standard InChI is InChI=1S/C25H22NPS/c1-16(2)21-15-18(14-17-8-4-5-9-19(17)21)25-24-20-10-6-7-11-22(20)27(3,28)23(24)12-13-26-25/h4-16H,1-3H3. The van der Waals surface area contributed by atoms with Crippen LogP contribution in [-0.2, 0) is 11.8 Å². The van der Waals surface area contributed by atoms with E-state index in [1.807, 2.05) is 6.20 Å². The van der Waals surface area contributed by atoms with E-state index in [0.717, 1.165) is 5.69 Å². The Balaban J connectivity index is 1.85. The summed E-state index contributed by atoms with van der Waals surface area (Å²) in [6.07, 6.45) is 1.94. The fourth-order valence-corrected chi connectivity index (χ4v) is 7.65. The first kappa shape index (κ1) is 17.8. The maximum Gasteiger partial charge on any atom is 0.0787 e. The van der Waals surface area contributed by atoms with Crippen LogP contribution < -0.4 is 10.6 Å². The summed E-state index contributed by atoms with van der Waals surface area (Å²) in [5, 5.41) is 5.22. The predicted molar refractivity (Wildman–Crippen MR) is 126 cm³/mol. The van der Waals surface area contributed by atoms with Crippen LogP contribution in [0.4, 0.5) is 0 Å². The topological polar surface area (TPSA) is 12.9 Å². The molecule has 138 valence electrons. The molecule has 0 radical (unpaired) electrons. The van der Waals surface area contributed by atoms with Crippen molar-refractivity contribution in [2.75, 3.05) is 6.66 Å². The molecule has 1 atom stereocenters. The van der Waals surface area contributed by atoms with Crippen molar-refractivity contribution in [3.05, 3.63) is 78.5 Å². The van der Waals surface area contributed by atoms with E-state index >= 15 is 0 Å². The van der Waals surface area contributed by atoms with Gasteiger partial charge in [0.05, 0.1) is 5.69 Å². The van der Waals surface area contributed by atoms with E-state index in [2.05, 4.69) is 87.2 Å². The van der Waals surface area contributed by atoms with Gasteiger partial charge in [-0.05, 0) is 58.0 Å². The second kappa shape index (κ2) is 6.37. The van der Waals surface area contributed by atoms with Crippen molar-refractivity contribution in [1.29, 1.82) is 0 Å². The van der Waals surface area contributed by atoms with Crippen molar-refractivity contribution in [3.63, 3.8) is 0 Å². The maximum atomic E-state index is 6.16. The summed E-state index contributed by atoms with van der Waals surface area (Å²) < 4.78 is 0. The average molecular weight is 399 g/mol. The lowest BCUT2D eigenvalue weighted by Gasteiger charge is -2.16. The lowest BCUT2D eigenvalue weighted by atomic mass is 9.91. The lowest BCUT2D eigenvalue weighted by Crippen LogP contribution is -2.08. The maximum absolute atomic E-state index is 6.16. The van der Waals surface area contributed by atoms with Crippen LogP contribution in [0, 0.1) is 0 Å². The Morgan fingerprint density at radius 3 is 2.46 bits per heavy atom. The Morgan fingerprint density at radius 1 is 0.893 bits per heavy atom. The largest absolute Gasteiger partial charge is 0.256 e. The summed E-state index contributed by atoms with van der Waals surface area (Å²) in [4.78, 5) is 4.86. The number of benzene rings is 3. The van der Waals surface area contributed by atoms with Gasteiger partial charge in [0.25, 0.3) is 0 Å². The van der Waals surface area contributed by atoms with Crippen LogP contribution in [0.25, 0.3) is 33.2 Å². The zero-order valence-corrected chi connectivity index (χ0v) is 18.0. The molecule has 1 unspecified atom stereocenters. The molecule has 4 aromatic rings. The second-order valence-electron chi connectivity index (χ2n) is 7.94. The van der Waals surface area contributed by atoms with Crippen LogP contribution in [0.2, 0.25) is 0 Å². The number of rotatable bonds is 2. The second-order valence-corrected chi connectivity index (χ2v) is 12.9. The molecule has 5 rings (SSSR count). The molecule has 0 saturated carbocycles. The van der Waals surface area contributed by atoms with Crippen molar-refractivity contribution in [1.82, 2.24) is 4.98 Å². The third kappa shape index (κ3) is 2.52. The van der Waals surface area contributed by atoms with Gasteiger partial charge in [-0.3, -0.25) is 4.98 Å². The lowest BCUT2D eigenvalue weighted by molar-refractivity contribution is 0.876. The molecule has 28 heavy (non-hydrogen) atoms. The first-order valence-corrected chi connectivity index (χ1v) is 12.9. The molecule has 0 amide bonds. The van der Waals surface area contributed by atoms with Gasteiger partial charge in [0.15, 0.2) is 0 Å². The van der Waals surface area contributed by atoms with Gasteiger partial charge in [-0.2, -0.15) is 0 Å². The number of aromatic nitrogens is 1. The minimum Gasteiger partial charge on any atom is -0.256 e. The minimum absolute atomic E-state index is 0.450. The van der Waals surface area contributed by atoms with E-state index in [9.17, 15) is 0 Å². The van der Waals surface area contributed by atoms with Crippen LogP contribution in [0.15, 0.2) is 72.9 Å². The van der Waals surface area contributed by atoms with Crippen LogP contribution in [0.3, 0.4) is 0 Å². The summed E-state index contributed by atoms with van der Waals surface area (Å²) in [5.74, 6) is 0.450. The highest BCUT2D eigenvalue weighted by atomic mass is 32.4. The van der Waals surface area contributed by atoms with Crippen molar-refractivity contribution in [3.8, 4) is 22.4 Å². The molecular weight excluding hydrogens is 377 g/mol. The van der Waals surface area contributed by atoms with E-state index in [1.165, 1.54) is 43.6 Å². The van der Waals surface area contributed by atoms with E-state index in [4.69, 9.17) is 16.8 Å². The highest BCUT2D eigenvalue weighted by Gasteiger charge is 2.33. The minimum atomic E-state index is -1.76. The Kier molecular flexibility index (Phi) is 4.05. The Labute approximate surface area is 171 Å². The third-order valence-electron chi connectivity index (χ3n) is 5.81. The molecule has 0 spiro atoms. The third-order valence-corrected chi connectivity index (χ3v) is 9.59. The van der Waals surface area contributed by atoms with Crippen LogP contribution in [0.1, 0.15) is 25.3 Å². The highest BCUT2D eigenvalue weighted by Crippen LogP contribution is 2.52. The summed E-state index contributed by atoms with van der Waals surface area (Å²) >= 11 is 6.16. The SMILES string of the molecule is CC(C)c1cc(-c2nccc3c2-c2ccccc2P3(C)=S)cc2ccccc12. The molecule has 0 N–H and O–H groups in total. The quantitative estimate of drug-likeness (QED) is 0.380. The molecule has 0 bridgehead atoms. The van der Waals surface area contributed by atoms with Gasteiger partial charge >= 0.3 is 0 Å². The zero-order valence-electron chi connectivity index (χ0n) is 16.3. The molecule has 1 aromatic heterocycles. The Hall–Kier alpha value is -2.28. The number of hydrogen-bond acceptors (Lipinski definition) is 2. The fourth-order valence-electron chi connectivity index (χ4n) is 4.43. The monoisotopic (exact) mass is 399 g/mol. The van der Waals surface area contributed by atoms with Gasteiger partial charge in [-0.15, -0.1) is 0 Å². The van der Waals surface area contributed by atoms with Gasteiger partial charge < -0.3 is 0 Å². The molecule has 0 fully saturated rings. The van der Waals surface area contributed by atoms with E-state index in [-0.39, 0.29) is 0 Å². The summed E-state index contributed by atoms with van der Waals surface area (Å²) in [6, 6.07) is 22.3. The van der Waals surface area contributed by atoms with Crippen molar-refractivity contribution < 1.29 is 0 Å². The predicted octanol–water partition coefficient (Wildman–Crippen LogP) is 6.07. The van der Waals surface area contributed by atoms with Crippen LogP contribution >= 0.6 is 6.04 Å². The van der Waals surface area contributed by atoms with Crippen molar-refractivity contribution >= 4 is 39.2 Å². The number of hydrogen-bond donors (Lipinski definition) is 0. The van der Waals surface area contributed by atoms with Crippen LogP contribution in [-0.4, -0.2) is 11.6 Å². The molecule has 1 aliphatic rings. The number of fused-ring (bicyclic) bond motifs is 4. The van der Waals surface area contributed by atoms with Gasteiger partial charge in [0.1, 0.15) is 0 Å². The number of pyridine rings is 1. The average Bonchev–Trinajstić information content (AvgIpc) is 2.95. The first-order valence-electron chi connectivity index (χ1n) is 9.68. The van der Waals surface area contributed by atoms with E-state index < -0.39 is 6.04 Å². The Bertz CT molecular complexity index is 1290. The molecule has 1 aliphatic heterocycles. The number of nitrogens with zero attached hydrogens (tertiary/aromatic N) is 1. The molecule has 3 aromatic carbocycles. The van der Waals surface area contributed by atoms with Gasteiger partial charge in [0.2, 0.25) is 0 Å². The zero-order chi connectivity index (χ0) is 19.5. The molecular formula is C25H22NPS. The smallest absolute Gasteiger partial charge is 0.0787 e. The van der Waals surface area contributed by atoms with E-state index in [0.29, 0.717) is 5.92 Å². The highest BCUT2D eigenvalue weighted by molar-refractivity contribution is 8.22. The normalized spacial score (nSPS) is 17.7. The molecule has 2 heterocycles. The van der Waals surface area contributed by atoms with Crippen LogP contribution in [0.5, 0.6) is 0 Å². The van der Waals surface area contributed by atoms with Crippen molar-refractivity contribution in [2.45, 2.75) is 19.8 Å². The molecule has 0 saturated heterocycles. The van der Waals surface area contributed by atoms with Gasteiger partial charge in [-0.25, -0.2) is 0 Å².